The maximum Gasteiger partial charge on any atom is 0.573 e. The SMILES string of the molecule is C/C(NC(=O)/N=C1\SCCN1c1c(C)cc(C)cc1C)=C(/C)c1ccc(-c2ncn(-c3ccc(OC(F)(F)F)cc3)n2)cc1. The Kier molecular flexibility index (Phi) is 8.82. The third-order valence-corrected chi connectivity index (χ3v) is 8.10. The molecular weight excluding hydrogens is 589 g/mol. The number of ether oxygens (including phenoxy) is 1. The number of carbonyl (C=O) groups excluding carboxylic acids is 1. The second-order valence-electron chi connectivity index (χ2n) is 10.5. The fraction of sp³-hybridized carbons (Fsp3) is 0.250. The van der Waals surface area contributed by atoms with Crippen LogP contribution in [0.4, 0.5) is 23.7 Å². The molecule has 1 aliphatic heterocycles. The molecule has 0 radical (unpaired) electrons. The third kappa shape index (κ3) is 7.13. The van der Waals surface area contributed by atoms with Gasteiger partial charge in [-0.15, -0.1) is 18.3 Å². The van der Waals surface area contributed by atoms with Crippen LogP contribution in [0, 0.1) is 20.8 Å². The molecule has 3 aromatic carbocycles. The van der Waals surface area contributed by atoms with E-state index in [-0.39, 0.29) is 5.75 Å². The minimum absolute atomic E-state index is 0.314. The summed E-state index contributed by atoms with van der Waals surface area (Å²) in [6, 6.07) is 16.8. The maximum atomic E-state index is 12.9. The summed E-state index contributed by atoms with van der Waals surface area (Å²) in [5, 5.41) is 8.05. The number of halogens is 3. The first kappa shape index (κ1) is 30.9. The lowest BCUT2D eigenvalue weighted by Gasteiger charge is -2.23. The van der Waals surface area contributed by atoms with Gasteiger partial charge < -0.3 is 15.0 Å². The van der Waals surface area contributed by atoms with Crippen molar-refractivity contribution in [1.29, 1.82) is 0 Å². The van der Waals surface area contributed by atoms with Crippen LogP contribution in [0.3, 0.4) is 0 Å². The van der Waals surface area contributed by atoms with Gasteiger partial charge in [0.15, 0.2) is 11.0 Å². The zero-order valence-corrected chi connectivity index (χ0v) is 25.7. The van der Waals surface area contributed by atoms with Crippen molar-refractivity contribution in [2.75, 3.05) is 17.2 Å². The number of aliphatic imine (C=N–C) groups is 1. The highest BCUT2D eigenvalue weighted by molar-refractivity contribution is 8.14. The predicted molar refractivity (Wildman–Crippen MR) is 168 cm³/mol. The van der Waals surface area contributed by atoms with E-state index in [0.717, 1.165) is 45.8 Å². The van der Waals surface area contributed by atoms with Crippen LogP contribution in [0.5, 0.6) is 5.75 Å². The molecule has 5 rings (SSSR count). The molecule has 0 atom stereocenters. The van der Waals surface area contributed by atoms with Gasteiger partial charge in [0.25, 0.3) is 0 Å². The van der Waals surface area contributed by atoms with Crippen molar-refractivity contribution >= 4 is 34.2 Å². The average molecular weight is 621 g/mol. The number of amides is 2. The lowest BCUT2D eigenvalue weighted by atomic mass is 10.0. The van der Waals surface area contributed by atoms with Crippen molar-refractivity contribution in [2.24, 2.45) is 4.99 Å². The fourth-order valence-electron chi connectivity index (χ4n) is 5.08. The lowest BCUT2D eigenvalue weighted by molar-refractivity contribution is -0.274. The van der Waals surface area contributed by atoms with Crippen LogP contribution in [-0.4, -0.2) is 44.6 Å². The maximum absolute atomic E-state index is 12.9. The molecule has 0 saturated carbocycles. The van der Waals surface area contributed by atoms with E-state index in [1.165, 1.54) is 40.8 Å². The van der Waals surface area contributed by atoms with E-state index in [1.54, 1.807) is 11.8 Å². The van der Waals surface area contributed by atoms with Gasteiger partial charge in [-0.3, -0.25) is 0 Å². The Morgan fingerprint density at radius 2 is 1.66 bits per heavy atom. The number of alkyl halides is 3. The Morgan fingerprint density at radius 3 is 2.30 bits per heavy atom. The van der Waals surface area contributed by atoms with E-state index >= 15 is 0 Å². The molecule has 1 aliphatic rings. The van der Waals surface area contributed by atoms with E-state index in [9.17, 15) is 18.0 Å². The van der Waals surface area contributed by atoms with Gasteiger partial charge in [-0.2, -0.15) is 4.99 Å². The van der Waals surface area contributed by atoms with Crippen LogP contribution in [-0.2, 0) is 0 Å². The molecule has 0 aliphatic carbocycles. The van der Waals surface area contributed by atoms with E-state index in [0.29, 0.717) is 22.4 Å². The molecule has 0 bridgehead atoms. The monoisotopic (exact) mass is 620 g/mol. The van der Waals surface area contributed by atoms with Gasteiger partial charge in [-0.1, -0.05) is 53.7 Å². The van der Waals surface area contributed by atoms with Gasteiger partial charge in [-0.25, -0.2) is 14.5 Å². The quantitative estimate of drug-likeness (QED) is 0.237. The van der Waals surface area contributed by atoms with Crippen molar-refractivity contribution in [3.05, 3.63) is 94.9 Å². The first-order chi connectivity index (χ1) is 20.9. The summed E-state index contributed by atoms with van der Waals surface area (Å²) in [6.07, 6.45) is -3.27. The van der Waals surface area contributed by atoms with E-state index < -0.39 is 12.4 Å². The number of nitrogens with one attached hydrogen (secondary N) is 1. The number of anilines is 1. The van der Waals surface area contributed by atoms with Gasteiger partial charge in [0.2, 0.25) is 0 Å². The molecule has 1 fully saturated rings. The van der Waals surface area contributed by atoms with Gasteiger partial charge in [0.05, 0.1) is 5.69 Å². The number of amidine groups is 1. The molecule has 4 aromatic rings. The fourth-order valence-corrected chi connectivity index (χ4v) is 6.02. The summed E-state index contributed by atoms with van der Waals surface area (Å²) in [7, 11) is 0. The molecule has 228 valence electrons. The van der Waals surface area contributed by atoms with Crippen molar-refractivity contribution < 1.29 is 22.7 Å². The van der Waals surface area contributed by atoms with Gasteiger partial charge in [0.1, 0.15) is 12.1 Å². The molecule has 2 amide bonds. The van der Waals surface area contributed by atoms with Gasteiger partial charge in [-0.05, 0) is 81.1 Å². The number of aromatic nitrogens is 3. The lowest BCUT2D eigenvalue weighted by Crippen LogP contribution is -2.28. The zero-order valence-electron chi connectivity index (χ0n) is 24.9. The summed E-state index contributed by atoms with van der Waals surface area (Å²) in [5.74, 6) is 0.994. The minimum atomic E-state index is -4.75. The first-order valence-corrected chi connectivity index (χ1v) is 14.8. The summed E-state index contributed by atoms with van der Waals surface area (Å²) in [6.45, 7) is 10.8. The second kappa shape index (κ2) is 12.6. The van der Waals surface area contributed by atoms with Crippen LogP contribution >= 0.6 is 11.8 Å². The summed E-state index contributed by atoms with van der Waals surface area (Å²) in [5.41, 5.74) is 8.38. The normalized spacial score (nSPS) is 15.0. The molecule has 44 heavy (non-hydrogen) atoms. The number of rotatable bonds is 6. The molecule has 2 heterocycles. The molecule has 0 unspecified atom stereocenters. The highest BCUT2D eigenvalue weighted by atomic mass is 32.2. The number of benzene rings is 3. The van der Waals surface area contributed by atoms with Gasteiger partial charge >= 0.3 is 12.4 Å². The number of carbonyl (C=O) groups is 1. The number of nitrogens with zero attached hydrogens (tertiary/aromatic N) is 5. The molecule has 0 spiro atoms. The Labute approximate surface area is 257 Å². The second-order valence-corrected chi connectivity index (χ2v) is 11.5. The summed E-state index contributed by atoms with van der Waals surface area (Å²) >= 11 is 1.57. The molecule has 1 saturated heterocycles. The van der Waals surface area contributed by atoms with Crippen molar-refractivity contribution in [3.8, 4) is 22.8 Å². The van der Waals surface area contributed by atoms with Crippen LogP contribution in [0.15, 0.2) is 77.7 Å². The Balaban J connectivity index is 1.26. The smallest absolute Gasteiger partial charge is 0.406 e. The van der Waals surface area contributed by atoms with Crippen molar-refractivity contribution in [1.82, 2.24) is 20.1 Å². The number of aryl methyl sites for hydroxylation is 3. The minimum Gasteiger partial charge on any atom is -0.406 e. The van der Waals surface area contributed by atoms with Crippen LogP contribution in [0.2, 0.25) is 0 Å². The first-order valence-electron chi connectivity index (χ1n) is 13.8. The van der Waals surface area contributed by atoms with E-state index in [2.05, 4.69) is 62.9 Å². The predicted octanol–water partition coefficient (Wildman–Crippen LogP) is 7.83. The number of allylic oxidation sites excluding steroid dienone is 2. The zero-order chi connectivity index (χ0) is 31.6. The number of hydrogen-bond donors (Lipinski definition) is 1. The van der Waals surface area contributed by atoms with Crippen LogP contribution in [0.25, 0.3) is 22.6 Å². The average Bonchev–Trinajstić information content (AvgIpc) is 3.62. The molecule has 8 nitrogen and oxygen atoms in total. The highest BCUT2D eigenvalue weighted by Crippen LogP contribution is 2.32. The highest BCUT2D eigenvalue weighted by Gasteiger charge is 2.31. The Hall–Kier alpha value is -4.58. The van der Waals surface area contributed by atoms with E-state index in [1.807, 2.05) is 38.1 Å². The number of hydrogen-bond acceptors (Lipinski definition) is 5. The van der Waals surface area contributed by atoms with Crippen molar-refractivity contribution in [3.63, 3.8) is 0 Å². The molecule has 1 N–H and O–H groups in total. The standard InChI is InChI=1S/C32H31F3N6O2S/c1-19-16-20(2)28(21(3)17-19)40-14-15-44-31(40)38-30(42)37-23(5)22(4)24-6-8-25(9-7-24)29-36-18-41(39-29)26-10-12-27(13-11-26)43-32(33,34)35/h6-13,16-18H,14-15H2,1-5H3,(H,37,42)/b23-22+,38-31-. The Bertz CT molecular complexity index is 1720. The Morgan fingerprint density at radius 1 is 1.00 bits per heavy atom. The molecule has 1 aromatic heterocycles. The van der Waals surface area contributed by atoms with Gasteiger partial charge in [0, 0.05) is 29.2 Å². The summed E-state index contributed by atoms with van der Waals surface area (Å²) in [4.78, 5) is 23.8. The topological polar surface area (TPSA) is 84.6 Å². The number of urea groups is 1. The summed E-state index contributed by atoms with van der Waals surface area (Å²) < 4.78 is 42.7. The largest absolute Gasteiger partial charge is 0.573 e. The third-order valence-electron chi connectivity index (χ3n) is 7.14. The molecular formula is C32H31F3N6O2S. The van der Waals surface area contributed by atoms with E-state index in [4.69, 9.17) is 0 Å². The van der Waals surface area contributed by atoms with Crippen molar-refractivity contribution in [2.45, 2.75) is 41.0 Å². The molecule has 12 heteroatoms. The number of thioether (sulfide) groups is 1. The van der Waals surface area contributed by atoms with Crippen LogP contribution < -0.4 is 15.0 Å². The van der Waals surface area contributed by atoms with Crippen LogP contribution in [0.1, 0.15) is 36.1 Å².